The van der Waals surface area contributed by atoms with Gasteiger partial charge in [-0.1, -0.05) is 34.1 Å². The van der Waals surface area contributed by atoms with Crippen LogP contribution in [0.15, 0.2) is 58.0 Å². The van der Waals surface area contributed by atoms with E-state index in [4.69, 9.17) is 0 Å². The fraction of sp³-hybridized carbons (Fsp3) is 0.222. The predicted octanol–water partition coefficient (Wildman–Crippen LogP) is 3.30. The van der Waals surface area contributed by atoms with Gasteiger partial charge in [-0.25, -0.2) is 4.39 Å². The van der Waals surface area contributed by atoms with Gasteiger partial charge in [-0.05, 0) is 35.9 Å². The van der Waals surface area contributed by atoms with Gasteiger partial charge in [0, 0.05) is 36.7 Å². The molecule has 2 rings (SSSR count). The molecule has 0 spiro atoms. The summed E-state index contributed by atoms with van der Waals surface area (Å²) in [4.78, 5) is 16.1. The molecule has 0 atom stereocenters. The average molecular weight is 535 g/mol. The molecule has 0 aliphatic heterocycles. The van der Waals surface area contributed by atoms with Crippen molar-refractivity contribution in [2.75, 3.05) is 20.1 Å². The monoisotopic (exact) mass is 534 g/mol. The number of halogens is 3. The highest BCUT2D eigenvalue weighted by Crippen LogP contribution is 2.11. The van der Waals surface area contributed by atoms with Crippen molar-refractivity contribution in [2.45, 2.75) is 6.54 Å². The van der Waals surface area contributed by atoms with Crippen LogP contribution >= 0.6 is 39.9 Å². The minimum Gasteiger partial charge on any atom is -0.355 e. The molecular formula is C18H21BrFIN4O. The summed E-state index contributed by atoms with van der Waals surface area (Å²) < 4.78 is 13.7. The van der Waals surface area contributed by atoms with E-state index in [-0.39, 0.29) is 35.7 Å². The van der Waals surface area contributed by atoms with Crippen molar-refractivity contribution in [2.24, 2.45) is 4.99 Å². The van der Waals surface area contributed by atoms with Crippen molar-refractivity contribution in [3.63, 3.8) is 0 Å². The maximum atomic E-state index is 12.9. The predicted molar refractivity (Wildman–Crippen MR) is 116 cm³/mol. The molecule has 0 unspecified atom stereocenters. The molecule has 0 aliphatic carbocycles. The lowest BCUT2D eigenvalue weighted by molar-refractivity contribution is 0.0954. The molecule has 0 saturated heterocycles. The van der Waals surface area contributed by atoms with Crippen LogP contribution in [0.5, 0.6) is 0 Å². The highest BCUT2D eigenvalue weighted by atomic mass is 127. The lowest BCUT2D eigenvalue weighted by Gasteiger charge is -2.12. The van der Waals surface area contributed by atoms with Gasteiger partial charge >= 0.3 is 0 Å². The number of guanidine groups is 1. The van der Waals surface area contributed by atoms with E-state index in [0.717, 1.165) is 10.0 Å². The van der Waals surface area contributed by atoms with Crippen LogP contribution < -0.4 is 16.0 Å². The lowest BCUT2D eigenvalue weighted by Crippen LogP contribution is -2.41. The highest BCUT2D eigenvalue weighted by molar-refractivity contribution is 14.0. The standard InChI is InChI=1S/C18H20BrFN4O.HI/c1-21-18(24-12-13-5-7-16(20)8-6-13)23-10-9-22-17(25)14-3-2-4-15(19)11-14;/h2-8,11H,9-10,12H2,1H3,(H,22,25)(H2,21,23,24);1H. The van der Waals surface area contributed by atoms with Gasteiger partial charge in [0.15, 0.2) is 5.96 Å². The minimum absolute atomic E-state index is 0. The van der Waals surface area contributed by atoms with E-state index in [1.807, 2.05) is 12.1 Å². The normalized spacial score (nSPS) is 10.7. The number of hydrogen-bond acceptors (Lipinski definition) is 2. The van der Waals surface area contributed by atoms with Crippen LogP contribution in [0.25, 0.3) is 0 Å². The molecular weight excluding hydrogens is 514 g/mol. The van der Waals surface area contributed by atoms with E-state index in [9.17, 15) is 9.18 Å². The molecule has 2 aromatic rings. The fourth-order valence-electron chi connectivity index (χ4n) is 2.10. The minimum atomic E-state index is -0.257. The molecule has 2 aromatic carbocycles. The van der Waals surface area contributed by atoms with E-state index in [1.54, 1.807) is 31.3 Å². The Morgan fingerprint density at radius 1 is 1.08 bits per heavy atom. The second-order valence-electron chi connectivity index (χ2n) is 5.25. The molecule has 140 valence electrons. The summed E-state index contributed by atoms with van der Waals surface area (Å²) in [6.07, 6.45) is 0. The SMILES string of the molecule is CN=C(NCCNC(=O)c1cccc(Br)c1)NCc1ccc(F)cc1.I. The number of nitrogens with one attached hydrogen (secondary N) is 3. The fourth-order valence-corrected chi connectivity index (χ4v) is 2.50. The number of amides is 1. The van der Waals surface area contributed by atoms with E-state index < -0.39 is 0 Å². The van der Waals surface area contributed by atoms with E-state index in [2.05, 4.69) is 36.9 Å². The topological polar surface area (TPSA) is 65.5 Å². The molecule has 0 aromatic heterocycles. The molecule has 0 radical (unpaired) electrons. The molecule has 0 bridgehead atoms. The number of carbonyl (C=O) groups is 1. The van der Waals surface area contributed by atoms with Gasteiger partial charge in [-0.15, -0.1) is 24.0 Å². The van der Waals surface area contributed by atoms with Crippen LogP contribution in [0, 0.1) is 5.82 Å². The molecule has 26 heavy (non-hydrogen) atoms. The molecule has 0 aliphatic rings. The van der Waals surface area contributed by atoms with Gasteiger partial charge in [0.1, 0.15) is 5.82 Å². The zero-order valence-electron chi connectivity index (χ0n) is 14.3. The maximum absolute atomic E-state index is 12.9. The zero-order valence-corrected chi connectivity index (χ0v) is 18.2. The van der Waals surface area contributed by atoms with Crippen molar-refractivity contribution < 1.29 is 9.18 Å². The third-order valence-corrected chi connectivity index (χ3v) is 3.88. The molecule has 0 heterocycles. The second kappa shape index (κ2) is 11.8. The average Bonchev–Trinajstić information content (AvgIpc) is 2.62. The maximum Gasteiger partial charge on any atom is 0.251 e. The molecule has 0 fully saturated rings. The van der Waals surface area contributed by atoms with Gasteiger partial charge in [-0.2, -0.15) is 0 Å². The van der Waals surface area contributed by atoms with Gasteiger partial charge in [-0.3, -0.25) is 9.79 Å². The van der Waals surface area contributed by atoms with Crippen LogP contribution in [0.4, 0.5) is 4.39 Å². The largest absolute Gasteiger partial charge is 0.355 e. The third-order valence-electron chi connectivity index (χ3n) is 3.39. The van der Waals surface area contributed by atoms with Crippen molar-refractivity contribution >= 4 is 51.8 Å². The van der Waals surface area contributed by atoms with Crippen LogP contribution in [-0.2, 0) is 6.54 Å². The van der Waals surface area contributed by atoms with Gasteiger partial charge in [0.05, 0.1) is 0 Å². The Bertz CT molecular complexity index is 740. The molecule has 5 nitrogen and oxygen atoms in total. The van der Waals surface area contributed by atoms with E-state index in [1.165, 1.54) is 12.1 Å². The first-order valence-corrected chi connectivity index (χ1v) is 8.60. The summed E-state index contributed by atoms with van der Waals surface area (Å²) in [5, 5.41) is 9.08. The number of rotatable bonds is 6. The van der Waals surface area contributed by atoms with Crippen LogP contribution in [0.3, 0.4) is 0 Å². The molecule has 8 heteroatoms. The third kappa shape index (κ3) is 7.69. The number of hydrogen-bond donors (Lipinski definition) is 3. The Hall–Kier alpha value is -1.68. The Labute approximate surface area is 178 Å². The van der Waals surface area contributed by atoms with Crippen molar-refractivity contribution in [1.82, 2.24) is 16.0 Å². The van der Waals surface area contributed by atoms with Gasteiger partial charge in [0.25, 0.3) is 5.91 Å². The van der Waals surface area contributed by atoms with Crippen LogP contribution in [0.2, 0.25) is 0 Å². The highest BCUT2D eigenvalue weighted by Gasteiger charge is 2.05. The molecule has 0 saturated carbocycles. The van der Waals surface area contributed by atoms with Gasteiger partial charge in [0.2, 0.25) is 0 Å². The summed E-state index contributed by atoms with van der Waals surface area (Å²) in [6.45, 7) is 1.52. The molecule has 3 N–H and O–H groups in total. The smallest absolute Gasteiger partial charge is 0.251 e. The number of nitrogens with zero attached hydrogens (tertiary/aromatic N) is 1. The summed E-state index contributed by atoms with van der Waals surface area (Å²) >= 11 is 3.34. The summed E-state index contributed by atoms with van der Waals surface area (Å²) in [5.74, 6) is 0.228. The van der Waals surface area contributed by atoms with E-state index in [0.29, 0.717) is 31.2 Å². The lowest BCUT2D eigenvalue weighted by atomic mass is 10.2. The Morgan fingerprint density at radius 3 is 2.42 bits per heavy atom. The number of carbonyl (C=O) groups excluding carboxylic acids is 1. The first-order chi connectivity index (χ1) is 12.1. The first-order valence-electron chi connectivity index (χ1n) is 7.81. The molecule has 1 amide bonds. The van der Waals surface area contributed by atoms with E-state index >= 15 is 0 Å². The van der Waals surface area contributed by atoms with Crippen molar-refractivity contribution in [1.29, 1.82) is 0 Å². The second-order valence-corrected chi connectivity index (χ2v) is 6.16. The summed E-state index contributed by atoms with van der Waals surface area (Å²) in [7, 11) is 1.67. The Kier molecular flexibility index (Phi) is 10.2. The van der Waals surface area contributed by atoms with Crippen molar-refractivity contribution in [3.8, 4) is 0 Å². The number of aliphatic imine (C=N–C) groups is 1. The quantitative estimate of drug-likeness (QED) is 0.230. The summed E-state index contributed by atoms with van der Waals surface area (Å²) in [5.41, 5.74) is 1.56. The van der Waals surface area contributed by atoms with Crippen LogP contribution in [-0.4, -0.2) is 32.0 Å². The Balaban J connectivity index is 0.00000338. The first kappa shape index (κ1) is 22.4. The van der Waals surface area contributed by atoms with Crippen molar-refractivity contribution in [3.05, 3.63) is 69.9 Å². The zero-order chi connectivity index (χ0) is 18.1. The number of benzene rings is 2. The summed E-state index contributed by atoms with van der Waals surface area (Å²) in [6, 6.07) is 13.5. The Morgan fingerprint density at radius 2 is 1.77 bits per heavy atom. The van der Waals surface area contributed by atoms with Gasteiger partial charge < -0.3 is 16.0 Å². The van der Waals surface area contributed by atoms with Crippen LogP contribution in [0.1, 0.15) is 15.9 Å².